The summed E-state index contributed by atoms with van der Waals surface area (Å²) in [6.07, 6.45) is 8.27. The predicted molar refractivity (Wildman–Crippen MR) is 141 cm³/mol. The van der Waals surface area contributed by atoms with Crippen LogP contribution in [0, 0.1) is 11.3 Å². The smallest absolute Gasteiger partial charge is 0.203 e. The van der Waals surface area contributed by atoms with Gasteiger partial charge in [-0.15, -0.1) is 0 Å². The van der Waals surface area contributed by atoms with Gasteiger partial charge in [0.15, 0.2) is 11.5 Å². The number of hydrogen-bond donors (Lipinski definition) is 0. The highest BCUT2D eigenvalue weighted by molar-refractivity contribution is 5.54. The molecule has 1 aliphatic carbocycles. The quantitative estimate of drug-likeness (QED) is 0.389. The van der Waals surface area contributed by atoms with Gasteiger partial charge in [0.25, 0.3) is 0 Å². The van der Waals surface area contributed by atoms with Crippen molar-refractivity contribution in [3.63, 3.8) is 0 Å². The molecule has 34 heavy (non-hydrogen) atoms. The Morgan fingerprint density at radius 3 is 2.12 bits per heavy atom. The van der Waals surface area contributed by atoms with Crippen LogP contribution in [0.5, 0.6) is 17.2 Å². The summed E-state index contributed by atoms with van der Waals surface area (Å²) in [6.45, 7) is 7.09. The maximum absolute atomic E-state index is 5.52. The van der Waals surface area contributed by atoms with Crippen molar-refractivity contribution >= 4 is 0 Å². The zero-order chi connectivity index (χ0) is 23.4. The van der Waals surface area contributed by atoms with Crippen LogP contribution in [-0.4, -0.2) is 39.3 Å². The molecule has 1 unspecified atom stereocenters. The number of ether oxygens (including phenoxy) is 3. The van der Waals surface area contributed by atoms with Crippen molar-refractivity contribution in [3.05, 3.63) is 65.2 Å². The van der Waals surface area contributed by atoms with Gasteiger partial charge in [0.1, 0.15) is 0 Å². The lowest BCUT2D eigenvalue weighted by Gasteiger charge is -2.60. The Labute approximate surface area is 206 Å². The second-order valence-corrected chi connectivity index (χ2v) is 10.1. The fourth-order valence-electron chi connectivity index (χ4n) is 5.92. The topological polar surface area (TPSA) is 30.9 Å². The van der Waals surface area contributed by atoms with Gasteiger partial charge in [0.2, 0.25) is 5.75 Å². The molecule has 2 aliphatic rings. The van der Waals surface area contributed by atoms with Crippen molar-refractivity contribution in [1.29, 1.82) is 0 Å². The fraction of sp³-hybridized carbons (Fsp3) is 0.533. The molecule has 1 aliphatic heterocycles. The molecule has 0 N–H and O–H groups in total. The second-order valence-electron chi connectivity index (χ2n) is 10.1. The van der Waals surface area contributed by atoms with Gasteiger partial charge in [-0.05, 0) is 61.3 Å². The first-order valence-corrected chi connectivity index (χ1v) is 12.3. The predicted octanol–water partition coefficient (Wildman–Crippen LogP) is 7.09. The van der Waals surface area contributed by atoms with Crippen molar-refractivity contribution in [2.45, 2.75) is 59.4 Å². The number of rotatable bonds is 8. The van der Waals surface area contributed by atoms with Gasteiger partial charge in [-0.3, -0.25) is 4.90 Å². The number of nitrogens with zero attached hydrogens (tertiary/aromatic N) is 1. The summed E-state index contributed by atoms with van der Waals surface area (Å²) in [5, 5.41) is 0. The molecule has 4 rings (SSSR count). The minimum atomic E-state index is 0. The van der Waals surface area contributed by atoms with Gasteiger partial charge >= 0.3 is 0 Å². The van der Waals surface area contributed by atoms with E-state index in [0.717, 1.165) is 17.9 Å². The summed E-state index contributed by atoms with van der Waals surface area (Å²) in [7, 11) is 4.99. The zero-order valence-corrected chi connectivity index (χ0v) is 20.9. The lowest BCUT2D eigenvalue weighted by atomic mass is 9.60. The molecule has 2 fully saturated rings. The highest BCUT2D eigenvalue weighted by Crippen LogP contribution is 2.57. The summed E-state index contributed by atoms with van der Waals surface area (Å²) >= 11 is 0. The summed E-state index contributed by atoms with van der Waals surface area (Å²) in [4.78, 5) is 2.71. The van der Waals surface area contributed by atoms with E-state index in [2.05, 4.69) is 67.3 Å². The van der Waals surface area contributed by atoms with Crippen molar-refractivity contribution in [1.82, 2.24) is 4.90 Å². The van der Waals surface area contributed by atoms with Crippen LogP contribution in [-0.2, 0) is 6.42 Å². The number of likely N-dealkylation sites (tertiary alicyclic amines) is 1. The Morgan fingerprint density at radius 2 is 1.59 bits per heavy atom. The first-order chi connectivity index (χ1) is 16.0. The van der Waals surface area contributed by atoms with E-state index in [-0.39, 0.29) is 7.43 Å². The molecule has 1 saturated heterocycles. The van der Waals surface area contributed by atoms with Gasteiger partial charge in [0.05, 0.1) is 21.3 Å². The zero-order valence-electron chi connectivity index (χ0n) is 20.9. The molecule has 1 saturated carbocycles. The third kappa shape index (κ3) is 5.27. The molecule has 0 radical (unpaired) electrons. The maximum atomic E-state index is 5.52. The van der Waals surface area contributed by atoms with E-state index in [1.54, 1.807) is 26.9 Å². The maximum Gasteiger partial charge on any atom is 0.203 e. The SMILES string of the molecule is C.COc1cc(CC=C2CCC3(CC2)CN(CC(C)C)C3c2ccccc2)cc(OC)c1OC. The first kappa shape index (κ1) is 26.2. The molecular weight excluding hydrogens is 422 g/mol. The van der Waals surface area contributed by atoms with Gasteiger partial charge in [-0.25, -0.2) is 0 Å². The van der Waals surface area contributed by atoms with E-state index in [0.29, 0.717) is 23.1 Å². The van der Waals surface area contributed by atoms with Gasteiger partial charge in [0, 0.05) is 24.5 Å². The van der Waals surface area contributed by atoms with Gasteiger partial charge in [-0.2, -0.15) is 0 Å². The Morgan fingerprint density at radius 1 is 0.971 bits per heavy atom. The molecule has 1 spiro atoms. The molecule has 0 aromatic heterocycles. The number of allylic oxidation sites excluding steroid dienone is 2. The second kappa shape index (κ2) is 11.3. The first-order valence-electron chi connectivity index (χ1n) is 12.3. The molecule has 0 amide bonds. The van der Waals surface area contributed by atoms with E-state index in [1.165, 1.54) is 49.9 Å². The van der Waals surface area contributed by atoms with Crippen LogP contribution >= 0.6 is 0 Å². The largest absolute Gasteiger partial charge is 0.493 e. The molecule has 2 aromatic carbocycles. The normalized spacial score (nSPS) is 22.2. The van der Waals surface area contributed by atoms with E-state index >= 15 is 0 Å². The number of hydrogen-bond acceptors (Lipinski definition) is 4. The summed E-state index contributed by atoms with van der Waals surface area (Å²) in [6, 6.07) is 15.9. The van der Waals surface area contributed by atoms with Crippen LogP contribution in [0.25, 0.3) is 0 Å². The van der Waals surface area contributed by atoms with Crippen LogP contribution in [0.1, 0.15) is 64.1 Å². The van der Waals surface area contributed by atoms with E-state index in [9.17, 15) is 0 Å². The lowest BCUT2D eigenvalue weighted by Crippen LogP contribution is -2.60. The van der Waals surface area contributed by atoms with E-state index < -0.39 is 0 Å². The number of methoxy groups -OCH3 is 3. The fourth-order valence-corrected chi connectivity index (χ4v) is 5.92. The highest BCUT2D eigenvalue weighted by Gasteiger charge is 2.53. The van der Waals surface area contributed by atoms with Gasteiger partial charge in [-0.1, -0.05) is 63.3 Å². The minimum absolute atomic E-state index is 0. The molecule has 2 aromatic rings. The molecule has 0 bridgehead atoms. The summed E-state index contributed by atoms with van der Waals surface area (Å²) < 4.78 is 16.5. The van der Waals surface area contributed by atoms with Crippen LogP contribution in [0.2, 0.25) is 0 Å². The molecular formula is C30H43NO3. The molecule has 4 nitrogen and oxygen atoms in total. The van der Waals surface area contributed by atoms with E-state index in [4.69, 9.17) is 14.2 Å². The van der Waals surface area contributed by atoms with Gasteiger partial charge < -0.3 is 14.2 Å². The van der Waals surface area contributed by atoms with Crippen molar-refractivity contribution < 1.29 is 14.2 Å². The van der Waals surface area contributed by atoms with Crippen LogP contribution < -0.4 is 14.2 Å². The third-order valence-corrected chi connectivity index (χ3v) is 7.42. The van der Waals surface area contributed by atoms with Crippen LogP contribution in [0.3, 0.4) is 0 Å². The van der Waals surface area contributed by atoms with Crippen molar-refractivity contribution in [3.8, 4) is 17.2 Å². The monoisotopic (exact) mass is 465 g/mol. The standard InChI is InChI=1S/C29H39NO3.CH4/c1-21(2)19-30-20-29(28(30)24-9-7-6-8-10-24)15-13-22(14-16-29)11-12-23-17-25(31-3)27(33-5)26(18-23)32-4;/h6-11,17-18,21,28H,12-16,19-20H2,1-5H3;1H4. The van der Waals surface area contributed by atoms with Crippen molar-refractivity contribution in [2.24, 2.45) is 11.3 Å². The Balaban J connectivity index is 0.00000324. The lowest BCUT2D eigenvalue weighted by molar-refractivity contribution is -0.100. The Bertz CT molecular complexity index is 931. The minimum Gasteiger partial charge on any atom is -0.493 e. The van der Waals surface area contributed by atoms with Crippen molar-refractivity contribution in [2.75, 3.05) is 34.4 Å². The summed E-state index contributed by atoms with van der Waals surface area (Å²) in [5.74, 6) is 2.79. The van der Waals surface area contributed by atoms with E-state index in [1.807, 2.05) is 0 Å². The molecule has 1 heterocycles. The van der Waals surface area contributed by atoms with Crippen LogP contribution in [0.15, 0.2) is 54.1 Å². The molecule has 4 heteroatoms. The third-order valence-electron chi connectivity index (χ3n) is 7.42. The average Bonchev–Trinajstić information content (AvgIpc) is 2.82. The number of benzene rings is 2. The molecule has 1 atom stereocenters. The Hall–Kier alpha value is -2.46. The highest BCUT2D eigenvalue weighted by atomic mass is 16.5. The van der Waals surface area contributed by atoms with Crippen LogP contribution in [0.4, 0.5) is 0 Å². The molecule has 186 valence electrons. The Kier molecular flexibility index (Phi) is 8.70. The summed E-state index contributed by atoms with van der Waals surface area (Å²) in [5.41, 5.74) is 4.70. The average molecular weight is 466 g/mol.